The molecule has 0 atom stereocenters. The van der Waals surface area contributed by atoms with Crippen LogP contribution < -0.4 is 5.32 Å². The monoisotopic (exact) mass is 300 g/mol. The van der Waals surface area contributed by atoms with Crippen LogP contribution in [0.25, 0.3) is 0 Å². The number of rotatable bonds is 3. The number of nitrogens with zero attached hydrogens (tertiary/aromatic N) is 1. The Morgan fingerprint density at radius 2 is 2.18 bits per heavy atom. The number of hydrogen-bond donors (Lipinski definition) is 1. The Morgan fingerprint density at radius 3 is 2.71 bits per heavy atom. The minimum absolute atomic E-state index is 0.0403. The topological polar surface area (TPSA) is 51.2 Å². The van der Waals surface area contributed by atoms with Crippen LogP contribution in [0.1, 0.15) is 26.3 Å². The Bertz CT molecular complexity index is 413. The Hall–Kier alpha value is -0.940. The molecule has 4 nitrogen and oxygen atoms in total. The van der Waals surface area contributed by atoms with Crippen LogP contribution in [0.4, 0.5) is 5.69 Å². The molecule has 0 aliphatic carbocycles. The van der Waals surface area contributed by atoms with Crippen molar-refractivity contribution in [1.29, 1.82) is 0 Å². The van der Waals surface area contributed by atoms with Gasteiger partial charge in [0, 0.05) is 0 Å². The lowest BCUT2D eigenvalue weighted by atomic mass is 10.2. The van der Waals surface area contributed by atoms with Crippen LogP contribution in [0, 0.1) is 6.92 Å². The third-order valence-corrected chi connectivity index (χ3v) is 2.76. The molecule has 0 aliphatic heterocycles. The van der Waals surface area contributed by atoms with Gasteiger partial charge in [-0.1, -0.05) is 0 Å². The second-order valence-electron chi connectivity index (χ2n) is 4.78. The van der Waals surface area contributed by atoms with Gasteiger partial charge in [0.1, 0.15) is 11.2 Å². The zero-order chi connectivity index (χ0) is 13.1. The predicted octanol–water partition coefficient (Wildman–Crippen LogP) is 2.91. The first kappa shape index (κ1) is 14.1. The number of halogens is 1. The minimum atomic E-state index is -0.314. The molecule has 0 spiro atoms. The summed E-state index contributed by atoms with van der Waals surface area (Å²) in [5.41, 5.74) is 1.33. The van der Waals surface area contributed by atoms with Gasteiger partial charge in [-0.3, -0.25) is 4.79 Å². The van der Waals surface area contributed by atoms with Crippen LogP contribution in [0.2, 0.25) is 0 Å². The number of nitrogens with one attached hydrogen (secondary N) is 1. The van der Waals surface area contributed by atoms with Crippen LogP contribution in [0.15, 0.2) is 16.9 Å². The van der Waals surface area contributed by atoms with E-state index >= 15 is 0 Å². The maximum Gasteiger partial charge on any atom is 0.250 e. The second-order valence-corrected chi connectivity index (χ2v) is 5.53. The number of hydrogen-bond acceptors (Lipinski definition) is 3. The molecule has 17 heavy (non-hydrogen) atoms. The maximum atomic E-state index is 11.6. The lowest BCUT2D eigenvalue weighted by molar-refractivity contribution is -0.125. The van der Waals surface area contributed by atoms with E-state index in [4.69, 9.17) is 4.74 Å². The van der Waals surface area contributed by atoms with Crippen molar-refractivity contribution in [1.82, 2.24) is 4.98 Å². The SMILES string of the molecule is Cc1cc(NC(=O)COC(C)(C)C)cnc1Br. The first-order valence-corrected chi connectivity index (χ1v) is 6.13. The van der Waals surface area contributed by atoms with Crippen molar-refractivity contribution in [3.63, 3.8) is 0 Å². The smallest absolute Gasteiger partial charge is 0.250 e. The average molecular weight is 301 g/mol. The van der Waals surface area contributed by atoms with Crippen molar-refractivity contribution < 1.29 is 9.53 Å². The largest absolute Gasteiger partial charge is 0.366 e. The highest BCUT2D eigenvalue weighted by Gasteiger charge is 2.13. The number of carbonyl (C=O) groups is 1. The molecule has 0 bridgehead atoms. The number of aromatic nitrogens is 1. The summed E-state index contributed by atoms with van der Waals surface area (Å²) in [7, 11) is 0. The third-order valence-electron chi connectivity index (χ3n) is 1.93. The summed E-state index contributed by atoms with van der Waals surface area (Å²) in [4.78, 5) is 15.7. The Balaban J connectivity index is 2.54. The summed E-state index contributed by atoms with van der Waals surface area (Å²) in [6.45, 7) is 7.68. The number of pyridine rings is 1. The lowest BCUT2D eigenvalue weighted by Crippen LogP contribution is -2.27. The van der Waals surface area contributed by atoms with Crippen LogP contribution in [0.5, 0.6) is 0 Å². The van der Waals surface area contributed by atoms with E-state index in [1.54, 1.807) is 6.20 Å². The fourth-order valence-corrected chi connectivity index (χ4v) is 1.32. The molecule has 0 fully saturated rings. The van der Waals surface area contributed by atoms with E-state index in [9.17, 15) is 4.79 Å². The predicted molar refractivity (Wildman–Crippen MR) is 71.0 cm³/mol. The molecular weight excluding hydrogens is 284 g/mol. The van der Waals surface area contributed by atoms with Gasteiger partial charge in [-0.2, -0.15) is 0 Å². The van der Waals surface area contributed by atoms with Crippen LogP contribution >= 0.6 is 15.9 Å². The zero-order valence-electron chi connectivity index (χ0n) is 10.5. The van der Waals surface area contributed by atoms with Gasteiger partial charge in [-0.25, -0.2) is 4.98 Å². The van der Waals surface area contributed by atoms with Crippen LogP contribution in [-0.4, -0.2) is 23.1 Å². The van der Waals surface area contributed by atoms with Crippen molar-refractivity contribution in [2.24, 2.45) is 0 Å². The number of ether oxygens (including phenoxy) is 1. The summed E-state index contributed by atoms with van der Waals surface area (Å²) in [6, 6.07) is 1.85. The summed E-state index contributed by atoms with van der Waals surface area (Å²) < 4.78 is 6.15. The lowest BCUT2D eigenvalue weighted by Gasteiger charge is -2.19. The van der Waals surface area contributed by atoms with Gasteiger partial charge in [0.15, 0.2) is 0 Å². The molecule has 1 rings (SSSR count). The third kappa shape index (κ3) is 5.28. The van der Waals surface area contributed by atoms with Gasteiger partial charge in [-0.05, 0) is 55.3 Å². The molecular formula is C12H17BrN2O2. The van der Waals surface area contributed by atoms with Crippen molar-refractivity contribution in [3.05, 3.63) is 22.4 Å². The molecule has 0 saturated carbocycles. The van der Waals surface area contributed by atoms with E-state index in [1.807, 2.05) is 33.8 Å². The van der Waals surface area contributed by atoms with Gasteiger partial charge in [0.05, 0.1) is 17.5 Å². The molecule has 1 heterocycles. The van der Waals surface area contributed by atoms with E-state index in [2.05, 4.69) is 26.2 Å². The first-order valence-electron chi connectivity index (χ1n) is 5.34. The normalized spacial score (nSPS) is 11.4. The van der Waals surface area contributed by atoms with Crippen molar-refractivity contribution in [2.45, 2.75) is 33.3 Å². The Labute approximate surface area is 110 Å². The average Bonchev–Trinajstić information content (AvgIpc) is 2.20. The fraction of sp³-hybridized carbons (Fsp3) is 0.500. The number of aryl methyl sites for hydroxylation is 1. The fourth-order valence-electron chi connectivity index (χ4n) is 1.11. The van der Waals surface area contributed by atoms with E-state index in [-0.39, 0.29) is 18.1 Å². The molecule has 94 valence electrons. The van der Waals surface area contributed by atoms with Crippen LogP contribution in [0.3, 0.4) is 0 Å². The van der Waals surface area contributed by atoms with Crippen molar-refractivity contribution in [3.8, 4) is 0 Å². The Kier molecular flexibility index (Phi) is 4.65. The highest BCUT2D eigenvalue weighted by Crippen LogP contribution is 2.16. The van der Waals surface area contributed by atoms with Crippen LogP contribution in [-0.2, 0) is 9.53 Å². The zero-order valence-corrected chi connectivity index (χ0v) is 12.1. The van der Waals surface area contributed by atoms with Gasteiger partial charge in [-0.15, -0.1) is 0 Å². The highest BCUT2D eigenvalue weighted by molar-refractivity contribution is 9.10. The van der Waals surface area contributed by atoms with Gasteiger partial charge < -0.3 is 10.1 Å². The van der Waals surface area contributed by atoms with Gasteiger partial charge in [0.2, 0.25) is 5.91 Å². The van der Waals surface area contributed by atoms with Crippen molar-refractivity contribution in [2.75, 3.05) is 11.9 Å². The summed E-state index contributed by atoms with van der Waals surface area (Å²) in [5, 5.41) is 2.74. The molecule has 0 radical (unpaired) electrons. The summed E-state index contributed by atoms with van der Waals surface area (Å²) in [6.07, 6.45) is 1.60. The molecule has 0 saturated heterocycles. The van der Waals surface area contributed by atoms with Gasteiger partial charge >= 0.3 is 0 Å². The molecule has 1 N–H and O–H groups in total. The number of anilines is 1. The van der Waals surface area contributed by atoms with E-state index < -0.39 is 0 Å². The minimum Gasteiger partial charge on any atom is -0.366 e. The molecule has 1 amide bonds. The van der Waals surface area contributed by atoms with Crippen molar-refractivity contribution >= 4 is 27.5 Å². The second kappa shape index (κ2) is 5.60. The number of carbonyl (C=O) groups excluding carboxylic acids is 1. The molecule has 1 aromatic rings. The molecule has 1 aromatic heterocycles. The quantitative estimate of drug-likeness (QED) is 0.873. The highest BCUT2D eigenvalue weighted by atomic mass is 79.9. The molecule has 0 aromatic carbocycles. The Morgan fingerprint density at radius 1 is 1.53 bits per heavy atom. The van der Waals surface area contributed by atoms with E-state index in [0.29, 0.717) is 5.69 Å². The maximum absolute atomic E-state index is 11.6. The summed E-state index contributed by atoms with van der Waals surface area (Å²) in [5.74, 6) is -0.177. The van der Waals surface area contributed by atoms with Gasteiger partial charge in [0.25, 0.3) is 0 Å². The molecule has 0 aliphatic rings. The number of amides is 1. The van der Waals surface area contributed by atoms with E-state index in [1.165, 1.54) is 0 Å². The summed E-state index contributed by atoms with van der Waals surface area (Å²) >= 11 is 3.30. The molecule has 0 unspecified atom stereocenters. The first-order chi connectivity index (χ1) is 7.78. The van der Waals surface area contributed by atoms with E-state index in [0.717, 1.165) is 10.2 Å². The molecule has 5 heteroatoms. The standard InChI is InChI=1S/C12H17BrN2O2/c1-8-5-9(6-14-11(8)13)15-10(16)7-17-12(2,3)4/h5-6H,7H2,1-4H3,(H,15,16).